The van der Waals surface area contributed by atoms with E-state index in [1.165, 1.54) is 20.3 Å². The van der Waals surface area contributed by atoms with Crippen molar-refractivity contribution in [1.82, 2.24) is 9.97 Å². The molecule has 1 aromatic heterocycles. The molecule has 4 aromatic carbocycles. The van der Waals surface area contributed by atoms with E-state index in [0.717, 1.165) is 22.3 Å². The zero-order valence-electron chi connectivity index (χ0n) is 20.9. The molecule has 1 N–H and O–H groups in total. The molecule has 0 aliphatic rings. The average molecular weight is 527 g/mol. The number of carbonyl (C=O) groups excluding carboxylic acids is 2. The minimum atomic E-state index is -0.682. The fourth-order valence-electron chi connectivity index (χ4n) is 4.32. The van der Waals surface area contributed by atoms with Gasteiger partial charge in [-0.05, 0) is 53.4 Å². The number of aryl methyl sites for hydroxylation is 1. The van der Waals surface area contributed by atoms with Gasteiger partial charge in [-0.15, -0.1) is 0 Å². The smallest absolute Gasteiger partial charge is 0.339 e. The molecular formula is C30H23ClN2O5. The molecule has 38 heavy (non-hydrogen) atoms. The fourth-order valence-corrected chi connectivity index (χ4v) is 4.59. The normalized spacial score (nSPS) is 10.8. The summed E-state index contributed by atoms with van der Waals surface area (Å²) in [6, 6.07) is 25.3. The predicted octanol–water partition coefficient (Wildman–Crippen LogP) is 7.22. The quantitative estimate of drug-likeness (QED) is 0.235. The summed E-state index contributed by atoms with van der Waals surface area (Å²) >= 11 is 6.63. The number of halogens is 1. The van der Waals surface area contributed by atoms with E-state index in [9.17, 15) is 9.59 Å². The maximum Gasteiger partial charge on any atom is 0.339 e. The average Bonchev–Trinajstić information content (AvgIpc) is 3.32. The number of H-pyrrole nitrogens is 1. The summed E-state index contributed by atoms with van der Waals surface area (Å²) in [5.41, 5.74) is 6.04. The predicted molar refractivity (Wildman–Crippen MR) is 146 cm³/mol. The number of hydrogen-bond donors (Lipinski definition) is 1. The molecule has 8 heteroatoms. The molecule has 0 saturated heterocycles. The van der Waals surface area contributed by atoms with Crippen LogP contribution >= 0.6 is 11.6 Å². The second-order valence-corrected chi connectivity index (χ2v) is 8.99. The molecule has 5 rings (SSSR count). The minimum absolute atomic E-state index is 0.0368. The molecule has 0 atom stereocenters. The van der Waals surface area contributed by atoms with Gasteiger partial charge in [0.2, 0.25) is 0 Å². The van der Waals surface area contributed by atoms with Gasteiger partial charge in [-0.1, -0.05) is 66.2 Å². The third kappa shape index (κ3) is 4.84. The first-order valence-corrected chi connectivity index (χ1v) is 12.1. The van der Waals surface area contributed by atoms with Crippen molar-refractivity contribution in [2.24, 2.45) is 0 Å². The Morgan fingerprint density at radius 3 is 2.16 bits per heavy atom. The summed E-state index contributed by atoms with van der Waals surface area (Å²) in [5.74, 6) is -1.02. The van der Waals surface area contributed by atoms with Crippen molar-refractivity contribution in [3.05, 3.63) is 101 Å². The van der Waals surface area contributed by atoms with Gasteiger partial charge >= 0.3 is 11.9 Å². The molecule has 0 fully saturated rings. The molecule has 0 radical (unpaired) electrons. The van der Waals surface area contributed by atoms with Gasteiger partial charge in [0.1, 0.15) is 5.75 Å². The number of fused-ring (bicyclic) bond motifs is 1. The lowest BCUT2D eigenvalue weighted by Crippen LogP contribution is -2.14. The molecule has 0 saturated carbocycles. The Bertz CT molecular complexity index is 1660. The topological polar surface area (TPSA) is 90.5 Å². The van der Waals surface area contributed by atoms with Crippen LogP contribution in [-0.2, 0) is 9.47 Å². The number of imidazole rings is 1. The summed E-state index contributed by atoms with van der Waals surface area (Å²) in [7, 11) is 2.49. The van der Waals surface area contributed by atoms with Crippen LogP contribution in [0.3, 0.4) is 0 Å². The van der Waals surface area contributed by atoms with E-state index in [-0.39, 0.29) is 17.1 Å². The first-order valence-electron chi connectivity index (χ1n) is 11.7. The summed E-state index contributed by atoms with van der Waals surface area (Å²) in [4.78, 5) is 32.2. The van der Waals surface area contributed by atoms with Crippen LogP contribution in [0.4, 0.5) is 0 Å². The molecule has 0 aliphatic heterocycles. The van der Waals surface area contributed by atoms with Gasteiger partial charge in [-0.25, -0.2) is 9.59 Å². The second-order valence-electron chi connectivity index (χ2n) is 8.58. The minimum Gasteiger partial charge on any atom is -0.465 e. The van der Waals surface area contributed by atoms with E-state index in [2.05, 4.69) is 34.2 Å². The SMILES string of the molecule is COC(=O)c1cc(Oc2nc3cc(-c4ccc(-c5ccccc5)cc4)c(Cl)cc3[nH]2)cc(C)c1C(=O)OC. The lowest BCUT2D eigenvalue weighted by molar-refractivity contribution is 0.0554. The third-order valence-corrected chi connectivity index (χ3v) is 6.48. The molecular weight excluding hydrogens is 504 g/mol. The molecule has 0 spiro atoms. The Morgan fingerprint density at radius 1 is 0.816 bits per heavy atom. The van der Waals surface area contributed by atoms with Crippen molar-refractivity contribution in [1.29, 1.82) is 0 Å². The van der Waals surface area contributed by atoms with E-state index >= 15 is 0 Å². The summed E-state index contributed by atoms with van der Waals surface area (Å²) < 4.78 is 15.6. The first-order chi connectivity index (χ1) is 18.4. The number of rotatable bonds is 6. The van der Waals surface area contributed by atoms with Crippen LogP contribution in [0.25, 0.3) is 33.3 Å². The zero-order chi connectivity index (χ0) is 26.8. The summed E-state index contributed by atoms with van der Waals surface area (Å²) in [6.45, 7) is 1.68. The number of nitrogens with zero attached hydrogens (tertiary/aromatic N) is 1. The standard InChI is InChI=1S/C30H23ClN2O5/c1-17-13-21(14-23(28(34)36-2)27(17)29(35)37-3)38-30-32-25-15-22(24(31)16-26(25)33-30)20-11-9-19(10-12-20)18-7-5-4-6-8-18/h4-16H,1-3H3,(H,32,33). The van der Waals surface area contributed by atoms with Gasteiger partial charge in [0.05, 0.1) is 41.4 Å². The number of benzene rings is 4. The van der Waals surface area contributed by atoms with Gasteiger partial charge in [0.15, 0.2) is 0 Å². The van der Waals surface area contributed by atoms with Gasteiger partial charge < -0.3 is 19.2 Å². The number of carbonyl (C=O) groups is 2. The third-order valence-electron chi connectivity index (χ3n) is 6.17. The van der Waals surface area contributed by atoms with E-state index in [1.54, 1.807) is 19.1 Å². The maximum absolute atomic E-state index is 12.3. The molecule has 5 aromatic rings. The van der Waals surface area contributed by atoms with Crippen LogP contribution in [0, 0.1) is 6.92 Å². The maximum atomic E-state index is 12.3. The molecule has 0 amide bonds. The van der Waals surface area contributed by atoms with Crippen LogP contribution in [-0.4, -0.2) is 36.1 Å². The Hall–Kier alpha value is -4.62. The van der Waals surface area contributed by atoms with Gasteiger partial charge in [-0.2, -0.15) is 4.98 Å². The van der Waals surface area contributed by atoms with Crippen LogP contribution in [0.2, 0.25) is 5.02 Å². The molecule has 1 heterocycles. The van der Waals surface area contributed by atoms with E-state index in [4.69, 9.17) is 25.8 Å². The highest BCUT2D eigenvalue weighted by atomic mass is 35.5. The largest absolute Gasteiger partial charge is 0.465 e. The van der Waals surface area contributed by atoms with Crippen molar-refractivity contribution in [2.45, 2.75) is 6.92 Å². The molecule has 0 bridgehead atoms. The van der Waals surface area contributed by atoms with Crippen LogP contribution in [0.1, 0.15) is 26.3 Å². The second kappa shape index (κ2) is 10.4. The molecule has 7 nitrogen and oxygen atoms in total. The van der Waals surface area contributed by atoms with Crippen molar-refractivity contribution in [3.63, 3.8) is 0 Å². The van der Waals surface area contributed by atoms with Crippen molar-refractivity contribution < 1.29 is 23.8 Å². The van der Waals surface area contributed by atoms with Crippen LogP contribution in [0.5, 0.6) is 11.8 Å². The van der Waals surface area contributed by atoms with Crippen molar-refractivity contribution in [2.75, 3.05) is 14.2 Å². The highest BCUT2D eigenvalue weighted by Crippen LogP contribution is 2.34. The lowest BCUT2D eigenvalue weighted by Gasteiger charge is -2.12. The summed E-state index contributed by atoms with van der Waals surface area (Å²) in [6.07, 6.45) is 0. The zero-order valence-corrected chi connectivity index (χ0v) is 21.6. The van der Waals surface area contributed by atoms with E-state index in [1.807, 2.05) is 36.4 Å². The van der Waals surface area contributed by atoms with Gasteiger partial charge in [0, 0.05) is 5.56 Å². The number of aromatic amines is 1. The highest BCUT2D eigenvalue weighted by molar-refractivity contribution is 6.34. The van der Waals surface area contributed by atoms with Crippen LogP contribution in [0.15, 0.2) is 78.9 Å². The van der Waals surface area contributed by atoms with E-state index in [0.29, 0.717) is 27.4 Å². The number of nitrogens with one attached hydrogen (secondary N) is 1. The Kier molecular flexibility index (Phi) is 6.85. The van der Waals surface area contributed by atoms with Crippen molar-refractivity contribution >= 4 is 34.6 Å². The van der Waals surface area contributed by atoms with Gasteiger partial charge in [-0.3, -0.25) is 0 Å². The first kappa shape index (κ1) is 25.0. The molecule has 0 aliphatic carbocycles. The number of methoxy groups -OCH3 is 2. The monoisotopic (exact) mass is 526 g/mol. The molecule has 0 unspecified atom stereocenters. The highest BCUT2D eigenvalue weighted by Gasteiger charge is 2.23. The number of aromatic nitrogens is 2. The van der Waals surface area contributed by atoms with Crippen molar-refractivity contribution in [3.8, 4) is 34.0 Å². The lowest BCUT2D eigenvalue weighted by atomic mass is 10.00. The Labute approximate surface area is 224 Å². The van der Waals surface area contributed by atoms with Gasteiger partial charge in [0.25, 0.3) is 6.01 Å². The van der Waals surface area contributed by atoms with E-state index < -0.39 is 11.9 Å². The Balaban J connectivity index is 1.46. The number of hydrogen-bond acceptors (Lipinski definition) is 6. The Morgan fingerprint density at radius 2 is 1.47 bits per heavy atom. The fraction of sp³-hybridized carbons (Fsp3) is 0.100. The number of ether oxygens (including phenoxy) is 3. The number of esters is 2. The summed E-state index contributed by atoms with van der Waals surface area (Å²) in [5, 5.41) is 0.561. The van der Waals surface area contributed by atoms with Crippen LogP contribution < -0.4 is 4.74 Å². The molecule has 190 valence electrons.